The molecule has 0 spiro atoms. The standard InChI is InChI=1S/C24H50N2O/c1-19(2)10-9-17-25-23(27)18-26-24(14-11-20(3)4,15-12-21(5)6)16-13-22(7)8/h19-22,26H,9-18H2,1-8H3,(H,25,27). The average Bonchev–Trinajstić information content (AvgIpc) is 2.57. The predicted octanol–water partition coefficient (Wildman–Crippen LogP) is 6.18. The Kier molecular flexibility index (Phi) is 14.1. The Balaban J connectivity index is 4.81. The molecule has 0 aliphatic carbocycles. The van der Waals surface area contributed by atoms with Crippen molar-refractivity contribution in [3.8, 4) is 0 Å². The van der Waals surface area contributed by atoms with Gasteiger partial charge in [0.25, 0.3) is 0 Å². The minimum atomic E-state index is 0.105. The molecule has 0 aromatic rings. The lowest BCUT2D eigenvalue weighted by Crippen LogP contribution is -2.50. The van der Waals surface area contributed by atoms with Crippen LogP contribution in [0.2, 0.25) is 0 Å². The van der Waals surface area contributed by atoms with E-state index in [9.17, 15) is 4.79 Å². The first-order valence-electron chi connectivity index (χ1n) is 11.6. The first-order valence-corrected chi connectivity index (χ1v) is 11.6. The Hall–Kier alpha value is -0.570. The molecule has 0 aromatic heterocycles. The van der Waals surface area contributed by atoms with Gasteiger partial charge < -0.3 is 10.6 Å². The molecule has 1 amide bonds. The van der Waals surface area contributed by atoms with E-state index in [0.29, 0.717) is 30.2 Å². The summed E-state index contributed by atoms with van der Waals surface area (Å²) in [6.45, 7) is 19.5. The van der Waals surface area contributed by atoms with E-state index in [-0.39, 0.29) is 11.4 Å². The summed E-state index contributed by atoms with van der Waals surface area (Å²) in [6.07, 6.45) is 9.43. The minimum absolute atomic E-state index is 0.105. The second kappa shape index (κ2) is 14.4. The minimum Gasteiger partial charge on any atom is -0.355 e. The van der Waals surface area contributed by atoms with Gasteiger partial charge in [-0.3, -0.25) is 4.79 Å². The molecule has 0 saturated carbocycles. The lowest BCUT2D eigenvalue weighted by Gasteiger charge is -2.37. The third-order valence-electron chi connectivity index (χ3n) is 5.51. The smallest absolute Gasteiger partial charge is 0.233 e. The highest BCUT2D eigenvalue weighted by atomic mass is 16.1. The highest BCUT2D eigenvalue weighted by Gasteiger charge is 2.30. The van der Waals surface area contributed by atoms with E-state index in [0.717, 1.165) is 13.0 Å². The molecule has 0 aromatic carbocycles. The highest BCUT2D eigenvalue weighted by molar-refractivity contribution is 5.78. The molecule has 0 atom stereocenters. The lowest BCUT2D eigenvalue weighted by atomic mass is 9.79. The van der Waals surface area contributed by atoms with Gasteiger partial charge in [-0.25, -0.2) is 0 Å². The number of rotatable bonds is 16. The molecule has 0 saturated heterocycles. The maximum Gasteiger partial charge on any atom is 0.233 e. The average molecular weight is 383 g/mol. The van der Waals surface area contributed by atoms with Gasteiger partial charge in [0, 0.05) is 12.1 Å². The fourth-order valence-electron chi connectivity index (χ4n) is 3.40. The van der Waals surface area contributed by atoms with Gasteiger partial charge >= 0.3 is 0 Å². The second-order valence-electron chi connectivity index (χ2n) is 10.3. The van der Waals surface area contributed by atoms with Crippen LogP contribution in [0.5, 0.6) is 0 Å². The van der Waals surface area contributed by atoms with Crippen LogP contribution >= 0.6 is 0 Å². The van der Waals surface area contributed by atoms with Gasteiger partial charge in [0.1, 0.15) is 0 Å². The first kappa shape index (κ1) is 26.4. The SMILES string of the molecule is CC(C)CCCNC(=O)CNC(CCC(C)C)(CCC(C)C)CCC(C)C. The van der Waals surface area contributed by atoms with Gasteiger partial charge in [0.2, 0.25) is 5.91 Å². The van der Waals surface area contributed by atoms with E-state index in [2.05, 4.69) is 66.0 Å². The zero-order valence-electron chi connectivity index (χ0n) is 19.8. The number of carbonyl (C=O) groups excluding carboxylic acids is 1. The van der Waals surface area contributed by atoms with Gasteiger partial charge in [-0.1, -0.05) is 55.4 Å². The molecular formula is C24H50N2O. The maximum atomic E-state index is 12.4. The molecule has 162 valence electrons. The van der Waals surface area contributed by atoms with Crippen molar-refractivity contribution in [2.24, 2.45) is 23.7 Å². The van der Waals surface area contributed by atoms with Crippen LogP contribution in [0.4, 0.5) is 0 Å². The van der Waals surface area contributed by atoms with Crippen molar-refractivity contribution < 1.29 is 4.79 Å². The molecule has 0 unspecified atom stereocenters. The highest BCUT2D eigenvalue weighted by Crippen LogP contribution is 2.30. The van der Waals surface area contributed by atoms with Crippen LogP contribution in [0, 0.1) is 23.7 Å². The molecule has 2 N–H and O–H groups in total. The van der Waals surface area contributed by atoms with Crippen molar-refractivity contribution in [2.45, 2.75) is 112 Å². The molecule has 0 bridgehead atoms. The van der Waals surface area contributed by atoms with Crippen LogP contribution < -0.4 is 10.6 Å². The summed E-state index contributed by atoms with van der Waals surface area (Å²) in [5, 5.41) is 6.84. The van der Waals surface area contributed by atoms with E-state index in [4.69, 9.17) is 0 Å². The van der Waals surface area contributed by atoms with Gasteiger partial charge in [-0.15, -0.1) is 0 Å². The third-order valence-corrected chi connectivity index (χ3v) is 5.51. The molecule has 0 aliphatic heterocycles. The quantitative estimate of drug-likeness (QED) is 0.313. The normalized spacial score (nSPS) is 12.6. The maximum absolute atomic E-state index is 12.4. The van der Waals surface area contributed by atoms with Crippen LogP contribution in [-0.4, -0.2) is 24.5 Å². The van der Waals surface area contributed by atoms with Gasteiger partial charge in [0.05, 0.1) is 6.54 Å². The zero-order chi connectivity index (χ0) is 20.9. The van der Waals surface area contributed by atoms with Crippen LogP contribution in [0.15, 0.2) is 0 Å². The van der Waals surface area contributed by atoms with Crippen molar-refractivity contribution in [3.05, 3.63) is 0 Å². The summed E-state index contributed by atoms with van der Waals surface area (Å²) >= 11 is 0. The molecule has 0 rings (SSSR count). The molecule has 27 heavy (non-hydrogen) atoms. The number of amides is 1. The summed E-state index contributed by atoms with van der Waals surface area (Å²) in [7, 11) is 0. The van der Waals surface area contributed by atoms with E-state index in [1.54, 1.807) is 0 Å². The van der Waals surface area contributed by atoms with Gasteiger partial charge in [0.15, 0.2) is 0 Å². The number of hydrogen-bond acceptors (Lipinski definition) is 2. The Morgan fingerprint density at radius 3 is 1.48 bits per heavy atom. The molecular weight excluding hydrogens is 332 g/mol. The number of nitrogens with one attached hydrogen (secondary N) is 2. The molecule has 3 heteroatoms. The van der Waals surface area contributed by atoms with Crippen molar-refractivity contribution in [3.63, 3.8) is 0 Å². The summed E-state index contributed by atoms with van der Waals surface area (Å²) < 4.78 is 0. The fourth-order valence-corrected chi connectivity index (χ4v) is 3.40. The van der Waals surface area contributed by atoms with Crippen LogP contribution in [0.3, 0.4) is 0 Å². The van der Waals surface area contributed by atoms with Crippen molar-refractivity contribution in [1.29, 1.82) is 0 Å². The van der Waals surface area contributed by atoms with Crippen LogP contribution in [0.25, 0.3) is 0 Å². The van der Waals surface area contributed by atoms with Crippen molar-refractivity contribution in [1.82, 2.24) is 10.6 Å². The second-order valence-corrected chi connectivity index (χ2v) is 10.3. The molecule has 0 aliphatic rings. The Morgan fingerprint density at radius 1 is 0.704 bits per heavy atom. The molecule has 0 heterocycles. The van der Waals surface area contributed by atoms with E-state index >= 15 is 0 Å². The van der Waals surface area contributed by atoms with Crippen molar-refractivity contribution >= 4 is 5.91 Å². The Bertz CT molecular complexity index is 343. The van der Waals surface area contributed by atoms with Gasteiger partial charge in [-0.2, -0.15) is 0 Å². The Labute approximate surface area is 170 Å². The fraction of sp³-hybridized carbons (Fsp3) is 0.958. The van der Waals surface area contributed by atoms with Gasteiger partial charge in [-0.05, 0) is 75.0 Å². The number of hydrogen-bond donors (Lipinski definition) is 2. The van der Waals surface area contributed by atoms with E-state index in [1.807, 2.05) is 0 Å². The zero-order valence-corrected chi connectivity index (χ0v) is 19.8. The first-order chi connectivity index (χ1) is 12.6. The topological polar surface area (TPSA) is 41.1 Å². The van der Waals surface area contributed by atoms with Crippen molar-refractivity contribution in [2.75, 3.05) is 13.1 Å². The van der Waals surface area contributed by atoms with Crippen LogP contribution in [-0.2, 0) is 4.79 Å². The summed E-state index contributed by atoms with van der Waals surface area (Å²) in [5.41, 5.74) is 0.105. The molecule has 0 fully saturated rings. The summed E-state index contributed by atoms with van der Waals surface area (Å²) in [5.74, 6) is 2.97. The number of carbonyl (C=O) groups is 1. The third kappa shape index (κ3) is 15.1. The lowest BCUT2D eigenvalue weighted by molar-refractivity contribution is -0.120. The Morgan fingerprint density at radius 2 is 1.11 bits per heavy atom. The largest absolute Gasteiger partial charge is 0.355 e. The predicted molar refractivity (Wildman–Crippen MR) is 120 cm³/mol. The van der Waals surface area contributed by atoms with E-state index < -0.39 is 0 Å². The summed E-state index contributed by atoms with van der Waals surface area (Å²) in [4.78, 5) is 12.4. The molecule has 3 nitrogen and oxygen atoms in total. The monoisotopic (exact) mass is 382 g/mol. The molecule has 0 radical (unpaired) electrons. The summed E-state index contributed by atoms with van der Waals surface area (Å²) in [6, 6.07) is 0. The van der Waals surface area contributed by atoms with Crippen LogP contribution in [0.1, 0.15) is 107 Å². The van der Waals surface area contributed by atoms with E-state index in [1.165, 1.54) is 44.9 Å².